The summed E-state index contributed by atoms with van der Waals surface area (Å²) < 4.78 is 0. The molecule has 1 rings (SSSR count). The Hall–Kier alpha value is -0.780. The highest BCUT2D eigenvalue weighted by molar-refractivity contribution is 5.32. The minimum atomic E-state index is 1.04. The summed E-state index contributed by atoms with van der Waals surface area (Å²) in [7, 11) is 0. The maximum absolute atomic E-state index is 3.89. The van der Waals surface area contributed by atoms with E-state index < -0.39 is 0 Å². The molecule has 0 unspecified atom stereocenters. The highest BCUT2D eigenvalue weighted by Crippen LogP contribution is 2.15. The van der Waals surface area contributed by atoms with E-state index in [1.807, 2.05) is 0 Å². The molecule has 0 heterocycles. The maximum Gasteiger partial charge on any atom is -0.0276 e. The highest BCUT2D eigenvalue weighted by Gasteiger charge is 2.01. The second-order valence-electron chi connectivity index (χ2n) is 3.77. The molecule has 14 heavy (non-hydrogen) atoms. The van der Waals surface area contributed by atoms with Gasteiger partial charge in [0.15, 0.2) is 0 Å². The zero-order valence-electron chi connectivity index (χ0n) is 9.47. The monoisotopic (exact) mass is 189 g/mol. The van der Waals surface area contributed by atoms with Gasteiger partial charge in [0.1, 0.15) is 0 Å². The topological polar surface area (TPSA) is 0 Å². The summed E-state index contributed by atoms with van der Waals surface area (Å²) in [6, 6.07) is 6.92. The summed E-state index contributed by atoms with van der Waals surface area (Å²) in [5, 5.41) is 0. The molecule has 77 valence electrons. The van der Waals surface area contributed by atoms with Crippen molar-refractivity contribution in [2.45, 2.75) is 46.0 Å². The van der Waals surface area contributed by atoms with E-state index >= 15 is 0 Å². The molecule has 0 spiro atoms. The average molecular weight is 189 g/mol. The van der Waals surface area contributed by atoms with Gasteiger partial charge in [0, 0.05) is 0 Å². The Bertz CT molecular complexity index is 273. The molecule has 0 aliphatic carbocycles. The van der Waals surface area contributed by atoms with Crippen LogP contribution in [0.5, 0.6) is 0 Å². The van der Waals surface area contributed by atoms with Crippen molar-refractivity contribution in [3.8, 4) is 0 Å². The molecule has 0 saturated carbocycles. The van der Waals surface area contributed by atoms with E-state index in [-0.39, 0.29) is 0 Å². The summed E-state index contributed by atoms with van der Waals surface area (Å²) in [6.07, 6.45) is 5.73. The molecule has 0 aliphatic rings. The first kappa shape index (κ1) is 11.3. The van der Waals surface area contributed by atoms with Crippen molar-refractivity contribution in [1.82, 2.24) is 0 Å². The van der Waals surface area contributed by atoms with Crippen LogP contribution < -0.4 is 0 Å². The molecule has 0 nitrogen and oxygen atoms in total. The predicted octanol–water partition coefficient (Wildman–Crippen LogP) is 3.97. The third-order valence-corrected chi connectivity index (χ3v) is 2.76. The van der Waals surface area contributed by atoms with Crippen molar-refractivity contribution in [2.75, 3.05) is 0 Å². The van der Waals surface area contributed by atoms with Crippen LogP contribution in [0.1, 0.15) is 43.4 Å². The number of unbranched alkanes of at least 4 members (excludes halogenated alkanes) is 1. The molecule has 1 aromatic rings. The molecule has 1 aromatic carbocycles. The molecular formula is C14H21. The van der Waals surface area contributed by atoms with Gasteiger partial charge in [-0.1, -0.05) is 45.4 Å². The van der Waals surface area contributed by atoms with Crippen LogP contribution >= 0.6 is 0 Å². The van der Waals surface area contributed by atoms with E-state index in [1.165, 1.54) is 29.5 Å². The van der Waals surface area contributed by atoms with Gasteiger partial charge < -0.3 is 0 Å². The molecule has 0 amide bonds. The lowest BCUT2D eigenvalue weighted by Gasteiger charge is -2.09. The Morgan fingerprint density at radius 3 is 2.43 bits per heavy atom. The molecule has 0 aromatic heterocycles. The van der Waals surface area contributed by atoms with Crippen molar-refractivity contribution < 1.29 is 0 Å². The van der Waals surface area contributed by atoms with Gasteiger partial charge in [-0.3, -0.25) is 0 Å². The van der Waals surface area contributed by atoms with Crippen molar-refractivity contribution in [3.05, 3.63) is 41.8 Å². The van der Waals surface area contributed by atoms with Gasteiger partial charge in [-0.25, -0.2) is 0 Å². The van der Waals surface area contributed by atoms with Crippen molar-refractivity contribution >= 4 is 0 Å². The first-order valence-corrected chi connectivity index (χ1v) is 5.71. The number of hydrogen-bond donors (Lipinski definition) is 0. The average Bonchev–Trinajstić information content (AvgIpc) is 2.26. The van der Waals surface area contributed by atoms with Gasteiger partial charge in [0.05, 0.1) is 0 Å². The Morgan fingerprint density at radius 1 is 1.07 bits per heavy atom. The molecule has 0 bridgehead atoms. The summed E-state index contributed by atoms with van der Waals surface area (Å²) >= 11 is 0. The Labute approximate surface area is 88.4 Å². The fourth-order valence-corrected chi connectivity index (χ4v) is 1.79. The lowest BCUT2D eigenvalue weighted by atomic mass is 9.97. The minimum absolute atomic E-state index is 1.04. The van der Waals surface area contributed by atoms with Gasteiger partial charge in [-0.2, -0.15) is 0 Å². The summed E-state index contributed by atoms with van der Waals surface area (Å²) in [4.78, 5) is 0. The van der Waals surface area contributed by atoms with Crippen LogP contribution in [-0.2, 0) is 19.3 Å². The van der Waals surface area contributed by atoms with Crippen molar-refractivity contribution in [1.29, 1.82) is 0 Å². The second kappa shape index (κ2) is 5.85. The molecule has 1 radical (unpaired) electrons. The van der Waals surface area contributed by atoms with Crippen LogP contribution in [0.15, 0.2) is 18.2 Å². The standard InChI is InChI=1S/C14H21/c1-4-7-8-14-10-9-12(5-2)11-13(14)6-3/h9-11H,1,4-8H2,2-3H3. The number of benzene rings is 1. The van der Waals surface area contributed by atoms with Gasteiger partial charge >= 0.3 is 0 Å². The van der Waals surface area contributed by atoms with E-state index in [4.69, 9.17) is 0 Å². The minimum Gasteiger partial charge on any atom is -0.0613 e. The third kappa shape index (κ3) is 2.87. The van der Waals surface area contributed by atoms with Gasteiger partial charge in [-0.05, 0) is 42.4 Å². The fourth-order valence-electron chi connectivity index (χ4n) is 1.79. The zero-order chi connectivity index (χ0) is 10.4. The van der Waals surface area contributed by atoms with E-state index in [9.17, 15) is 0 Å². The second-order valence-corrected chi connectivity index (χ2v) is 3.77. The number of rotatable bonds is 5. The smallest absolute Gasteiger partial charge is 0.0276 e. The van der Waals surface area contributed by atoms with Crippen molar-refractivity contribution in [3.63, 3.8) is 0 Å². The quantitative estimate of drug-likeness (QED) is 0.657. The maximum atomic E-state index is 3.89. The van der Waals surface area contributed by atoms with Crippen LogP contribution in [-0.4, -0.2) is 0 Å². The Kier molecular flexibility index (Phi) is 4.72. The predicted molar refractivity (Wildman–Crippen MR) is 63.5 cm³/mol. The molecule has 0 N–H and O–H groups in total. The van der Waals surface area contributed by atoms with E-state index in [2.05, 4.69) is 39.0 Å². The lowest BCUT2D eigenvalue weighted by Crippen LogP contribution is -1.95. The SMILES string of the molecule is [CH2]CCCc1ccc(CC)cc1CC. The van der Waals surface area contributed by atoms with Gasteiger partial charge in [-0.15, -0.1) is 0 Å². The summed E-state index contributed by atoms with van der Waals surface area (Å²) in [5.74, 6) is 0. The van der Waals surface area contributed by atoms with Crippen LogP contribution in [0.4, 0.5) is 0 Å². The number of aryl methyl sites for hydroxylation is 3. The summed E-state index contributed by atoms with van der Waals surface area (Å²) in [5.41, 5.74) is 4.51. The highest BCUT2D eigenvalue weighted by atomic mass is 14.1. The zero-order valence-corrected chi connectivity index (χ0v) is 9.47. The third-order valence-electron chi connectivity index (χ3n) is 2.76. The Balaban J connectivity index is 2.82. The van der Waals surface area contributed by atoms with Crippen molar-refractivity contribution in [2.24, 2.45) is 0 Å². The molecule has 0 aliphatic heterocycles. The van der Waals surface area contributed by atoms with E-state index in [0.717, 1.165) is 19.3 Å². The van der Waals surface area contributed by atoms with Crippen LogP contribution in [0.3, 0.4) is 0 Å². The molecule has 0 atom stereocenters. The Morgan fingerprint density at radius 2 is 1.86 bits per heavy atom. The van der Waals surface area contributed by atoms with Gasteiger partial charge in [0.25, 0.3) is 0 Å². The fraction of sp³-hybridized carbons (Fsp3) is 0.500. The molecule has 0 saturated heterocycles. The first-order valence-electron chi connectivity index (χ1n) is 5.71. The lowest BCUT2D eigenvalue weighted by molar-refractivity contribution is 0.828. The molecule has 0 heteroatoms. The van der Waals surface area contributed by atoms with E-state index in [0.29, 0.717) is 0 Å². The van der Waals surface area contributed by atoms with Crippen LogP contribution in [0.25, 0.3) is 0 Å². The molecule has 0 fully saturated rings. The van der Waals surface area contributed by atoms with E-state index in [1.54, 1.807) is 0 Å². The molecular weight excluding hydrogens is 168 g/mol. The van der Waals surface area contributed by atoms with Crippen LogP contribution in [0, 0.1) is 6.92 Å². The largest absolute Gasteiger partial charge is 0.0613 e. The van der Waals surface area contributed by atoms with Crippen LogP contribution in [0.2, 0.25) is 0 Å². The first-order chi connectivity index (χ1) is 6.81. The summed E-state index contributed by atoms with van der Waals surface area (Å²) in [6.45, 7) is 8.34. The number of hydrogen-bond acceptors (Lipinski definition) is 0. The normalized spacial score (nSPS) is 10.5. The van der Waals surface area contributed by atoms with Gasteiger partial charge in [0.2, 0.25) is 0 Å².